The van der Waals surface area contributed by atoms with E-state index in [0.29, 0.717) is 12.1 Å². The van der Waals surface area contributed by atoms with E-state index in [9.17, 15) is 4.79 Å². The van der Waals surface area contributed by atoms with Gasteiger partial charge in [-0.05, 0) is 58.2 Å². The minimum absolute atomic E-state index is 0.109. The van der Waals surface area contributed by atoms with Crippen molar-refractivity contribution in [3.63, 3.8) is 0 Å². The highest BCUT2D eigenvalue weighted by Gasteiger charge is 2.10. The molecule has 5 heteroatoms. The van der Waals surface area contributed by atoms with E-state index in [1.807, 2.05) is 25.1 Å². The second kappa shape index (κ2) is 6.30. The lowest BCUT2D eigenvalue weighted by molar-refractivity contribution is 0.0950. The van der Waals surface area contributed by atoms with E-state index >= 15 is 0 Å². The lowest BCUT2D eigenvalue weighted by Crippen LogP contribution is -2.23. The van der Waals surface area contributed by atoms with Crippen LogP contribution in [-0.4, -0.2) is 10.9 Å². The van der Waals surface area contributed by atoms with Crippen LogP contribution < -0.4 is 5.32 Å². The minimum Gasteiger partial charge on any atom is -0.348 e. The van der Waals surface area contributed by atoms with Gasteiger partial charge in [-0.15, -0.1) is 0 Å². The molecule has 3 nitrogen and oxygen atoms in total. The highest BCUT2D eigenvalue weighted by molar-refractivity contribution is 9.11. The van der Waals surface area contributed by atoms with Crippen LogP contribution >= 0.6 is 31.9 Å². The Morgan fingerprint density at radius 3 is 2.79 bits per heavy atom. The van der Waals surface area contributed by atoms with Crippen molar-refractivity contribution in [1.29, 1.82) is 0 Å². The molecule has 0 aliphatic rings. The molecule has 1 amide bonds. The highest BCUT2D eigenvalue weighted by Crippen LogP contribution is 2.21. The van der Waals surface area contributed by atoms with Gasteiger partial charge in [0, 0.05) is 27.9 Å². The fourth-order valence-electron chi connectivity index (χ4n) is 1.63. The quantitative estimate of drug-likeness (QED) is 0.874. The van der Waals surface area contributed by atoms with Crippen LogP contribution in [0.5, 0.6) is 0 Å². The topological polar surface area (TPSA) is 42.0 Å². The third-order valence-corrected chi connectivity index (χ3v) is 3.91. The molecule has 1 aromatic carbocycles. The van der Waals surface area contributed by atoms with Gasteiger partial charge in [0.2, 0.25) is 0 Å². The molecule has 1 heterocycles. The van der Waals surface area contributed by atoms with Crippen LogP contribution in [0.15, 0.2) is 45.6 Å². The summed E-state index contributed by atoms with van der Waals surface area (Å²) in [5.41, 5.74) is 2.75. The fourth-order valence-corrected chi connectivity index (χ4v) is 2.85. The van der Waals surface area contributed by atoms with E-state index in [4.69, 9.17) is 0 Å². The molecule has 98 valence electrons. The maximum atomic E-state index is 12.1. The summed E-state index contributed by atoms with van der Waals surface area (Å²) < 4.78 is 1.70. The number of hydrogen-bond donors (Lipinski definition) is 1. The number of pyridine rings is 1. The summed E-state index contributed by atoms with van der Waals surface area (Å²) in [7, 11) is 0. The zero-order valence-electron chi connectivity index (χ0n) is 10.3. The van der Waals surface area contributed by atoms with E-state index in [1.165, 1.54) is 0 Å². The average molecular weight is 384 g/mol. The zero-order chi connectivity index (χ0) is 13.8. The van der Waals surface area contributed by atoms with Gasteiger partial charge in [-0.1, -0.05) is 15.9 Å². The normalized spacial score (nSPS) is 10.3. The summed E-state index contributed by atoms with van der Waals surface area (Å²) in [6, 6.07) is 7.40. The molecule has 1 aromatic heterocycles. The van der Waals surface area contributed by atoms with Gasteiger partial charge in [0.15, 0.2) is 0 Å². The number of nitrogens with one attached hydrogen (secondary N) is 1. The molecule has 19 heavy (non-hydrogen) atoms. The largest absolute Gasteiger partial charge is 0.348 e. The first-order chi connectivity index (χ1) is 9.08. The summed E-state index contributed by atoms with van der Waals surface area (Å²) in [4.78, 5) is 16.1. The second-order valence-corrected chi connectivity index (χ2v) is 5.88. The molecule has 0 aliphatic heterocycles. The van der Waals surface area contributed by atoms with Crippen LogP contribution in [0.2, 0.25) is 0 Å². The summed E-state index contributed by atoms with van der Waals surface area (Å²) >= 11 is 6.75. The van der Waals surface area contributed by atoms with Gasteiger partial charge in [0.05, 0.1) is 5.56 Å². The Balaban J connectivity index is 2.08. The smallest absolute Gasteiger partial charge is 0.252 e. The number of carbonyl (C=O) groups excluding carboxylic acids is 1. The molecule has 0 unspecified atom stereocenters. The highest BCUT2D eigenvalue weighted by atomic mass is 79.9. The summed E-state index contributed by atoms with van der Waals surface area (Å²) in [5.74, 6) is -0.109. The molecule has 0 atom stereocenters. The van der Waals surface area contributed by atoms with Gasteiger partial charge in [0.25, 0.3) is 5.91 Å². The number of halogens is 2. The number of aromatic nitrogens is 1. The molecule has 2 rings (SSSR count). The van der Waals surface area contributed by atoms with Crippen LogP contribution in [0.4, 0.5) is 0 Å². The number of benzene rings is 1. The van der Waals surface area contributed by atoms with Gasteiger partial charge < -0.3 is 5.32 Å². The average Bonchev–Trinajstić information content (AvgIpc) is 2.37. The summed E-state index contributed by atoms with van der Waals surface area (Å²) in [5, 5.41) is 2.89. The maximum Gasteiger partial charge on any atom is 0.252 e. The van der Waals surface area contributed by atoms with Gasteiger partial charge in [-0.25, -0.2) is 0 Å². The SMILES string of the molecule is Cc1ccncc1CNC(=O)c1ccc(Br)cc1Br. The number of carbonyl (C=O) groups is 1. The van der Waals surface area contributed by atoms with Crippen molar-refractivity contribution in [2.75, 3.05) is 0 Å². The lowest BCUT2D eigenvalue weighted by Gasteiger charge is -2.08. The Kier molecular flexibility index (Phi) is 4.71. The number of aryl methyl sites for hydroxylation is 1. The minimum atomic E-state index is -0.109. The summed E-state index contributed by atoms with van der Waals surface area (Å²) in [6.45, 7) is 2.47. The molecular weight excluding hydrogens is 372 g/mol. The van der Waals surface area contributed by atoms with E-state index in [2.05, 4.69) is 42.2 Å². The van der Waals surface area contributed by atoms with Crippen molar-refractivity contribution in [3.8, 4) is 0 Å². The van der Waals surface area contributed by atoms with Gasteiger partial charge in [-0.3, -0.25) is 9.78 Å². The molecule has 0 bridgehead atoms. The van der Waals surface area contributed by atoms with Crippen molar-refractivity contribution in [2.24, 2.45) is 0 Å². The molecule has 0 saturated carbocycles. The van der Waals surface area contributed by atoms with Crippen LogP contribution in [0.3, 0.4) is 0 Å². The predicted molar refractivity (Wildman–Crippen MR) is 82.0 cm³/mol. The molecular formula is C14H12Br2N2O. The van der Waals surface area contributed by atoms with E-state index in [1.54, 1.807) is 18.5 Å². The number of hydrogen-bond acceptors (Lipinski definition) is 2. The molecule has 0 radical (unpaired) electrons. The van der Waals surface area contributed by atoms with Crippen molar-refractivity contribution < 1.29 is 4.79 Å². The van der Waals surface area contributed by atoms with Crippen molar-refractivity contribution in [3.05, 3.63) is 62.3 Å². The van der Waals surface area contributed by atoms with Crippen LogP contribution in [-0.2, 0) is 6.54 Å². The molecule has 2 aromatic rings. The van der Waals surface area contributed by atoms with Crippen LogP contribution in [0.25, 0.3) is 0 Å². The van der Waals surface area contributed by atoms with Gasteiger partial charge in [-0.2, -0.15) is 0 Å². The van der Waals surface area contributed by atoms with Crippen molar-refractivity contribution >= 4 is 37.8 Å². The first kappa shape index (κ1) is 14.2. The third-order valence-electron chi connectivity index (χ3n) is 2.76. The molecule has 0 saturated heterocycles. The van der Waals surface area contributed by atoms with E-state index < -0.39 is 0 Å². The molecule has 0 spiro atoms. The maximum absolute atomic E-state index is 12.1. The zero-order valence-corrected chi connectivity index (χ0v) is 13.5. The van der Waals surface area contributed by atoms with Gasteiger partial charge >= 0.3 is 0 Å². The Morgan fingerprint density at radius 2 is 2.11 bits per heavy atom. The van der Waals surface area contributed by atoms with E-state index in [0.717, 1.165) is 20.1 Å². The predicted octanol–water partition coefficient (Wildman–Crippen LogP) is 3.85. The monoisotopic (exact) mass is 382 g/mol. The Morgan fingerprint density at radius 1 is 1.32 bits per heavy atom. The molecule has 0 fully saturated rings. The van der Waals surface area contributed by atoms with Crippen LogP contribution in [0, 0.1) is 6.92 Å². The fraction of sp³-hybridized carbons (Fsp3) is 0.143. The first-order valence-corrected chi connectivity index (χ1v) is 7.29. The number of nitrogens with zero attached hydrogens (tertiary/aromatic N) is 1. The number of rotatable bonds is 3. The standard InChI is InChI=1S/C14H12Br2N2O/c1-9-4-5-17-7-10(9)8-18-14(19)12-3-2-11(15)6-13(12)16/h2-7H,8H2,1H3,(H,18,19). The van der Waals surface area contributed by atoms with E-state index in [-0.39, 0.29) is 5.91 Å². The Bertz CT molecular complexity index is 614. The van der Waals surface area contributed by atoms with Gasteiger partial charge in [0.1, 0.15) is 0 Å². The Hall–Kier alpha value is -1.20. The molecule has 0 aliphatic carbocycles. The second-order valence-electron chi connectivity index (χ2n) is 4.11. The van der Waals surface area contributed by atoms with Crippen molar-refractivity contribution in [2.45, 2.75) is 13.5 Å². The number of amides is 1. The Labute approximate surface area is 128 Å². The lowest BCUT2D eigenvalue weighted by atomic mass is 10.1. The molecule has 1 N–H and O–H groups in total. The summed E-state index contributed by atoms with van der Waals surface area (Å²) in [6.07, 6.45) is 3.51. The van der Waals surface area contributed by atoms with Crippen LogP contribution in [0.1, 0.15) is 21.5 Å². The third kappa shape index (κ3) is 3.64. The van der Waals surface area contributed by atoms with Crippen molar-refractivity contribution in [1.82, 2.24) is 10.3 Å². The first-order valence-electron chi connectivity index (χ1n) is 5.70.